The van der Waals surface area contributed by atoms with E-state index >= 15 is 0 Å². The summed E-state index contributed by atoms with van der Waals surface area (Å²) in [5.74, 6) is 0.291. The summed E-state index contributed by atoms with van der Waals surface area (Å²) in [6.45, 7) is 4.69. The Morgan fingerprint density at radius 1 is 1.47 bits per heavy atom. The summed E-state index contributed by atoms with van der Waals surface area (Å²) in [6.07, 6.45) is 2.37. The van der Waals surface area contributed by atoms with E-state index in [1.807, 2.05) is 11.8 Å². The summed E-state index contributed by atoms with van der Waals surface area (Å²) in [7, 11) is 0. The van der Waals surface area contributed by atoms with Gasteiger partial charge in [0.05, 0.1) is 13.2 Å². The fourth-order valence-electron chi connectivity index (χ4n) is 1.74. The predicted molar refractivity (Wildman–Crippen MR) is 56.6 cm³/mol. The zero-order valence-corrected chi connectivity index (χ0v) is 8.87. The summed E-state index contributed by atoms with van der Waals surface area (Å²) < 4.78 is 19.1. The maximum atomic E-state index is 13.9. The van der Waals surface area contributed by atoms with E-state index in [-0.39, 0.29) is 5.82 Å². The van der Waals surface area contributed by atoms with Crippen LogP contribution in [0.5, 0.6) is 0 Å². The van der Waals surface area contributed by atoms with Gasteiger partial charge in [-0.3, -0.25) is 0 Å². The van der Waals surface area contributed by atoms with Crippen LogP contribution in [0, 0.1) is 5.82 Å². The molecule has 1 aromatic rings. The molecule has 2 heterocycles. The average Bonchev–Trinajstić information content (AvgIpc) is 2.30. The Hall–Kier alpha value is -1.16. The highest BCUT2D eigenvalue weighted by molar-refractivity contribution is 5.43. The lowest BCUT2D eigenvalue weighted by Gasteiger charge is -2.28. The molecule has 3 nitrogen and oxygen atoms in total. The molecule has 1 aromatic heterocycles. The van der Waals surface area contributed by atoms with Crippen molar-refractivity contribution in [3.8, 4) is 0 Å². The van der Waals surface area contributed by atoms with E-state index in [1.165, 1.54) is 0 Å². The molecule has 0 saturated carbocycles. The molecule has 1 aliphatic rings. The third-order valence-corrected chi connectivity index (χ3v) is 2.64. The first-order chi connectivity index (χ1) is 7.33. The van der Waals surface area contributed by atoms with E-state index < -0.39 is 0 Å². The van der Waals surface area contributed by atoms with Gasteiger partial charge in [-0.1, -0.05) is 6.92 Å². The van der Waals surface area contributed by atoms with Crippen molar-refractivity contribution in [3.63, 3.8) is 0 Å². The summed E-state index contributed by atoms with van der Waals surface area (Å²) in [5.41, 5.74) is 0.728. The molecule has 0 aliphatic carbocycles. The number of hydrogen-bond donors (Lipinski definition) is 0. The third kappa shape index (κ3) is 2.09. The van der Waals surface area contributed by atoms with Crippen molar-refractivity contribution in [2.75, 3.05) is 31.2 Å². The van der Waals surface area contributed by atoms with Gasteiger partial charge in [0.2, 0.25) is 0 Å². The number of rotatable bonds is 2. The van der Waals surface area contributed by atoms with Gasteiger partial charge in [0.25, 0.3) is 0 Å². The average molecular weight is 210 g/mol. The van der Waals surface area contributed by atoms with Gasteiger partial charge in [-0.05, 0) is 18.1 Å². The molecule has 0 amide bonds. The van der Waals surface area contributed by atoms with Gasteiger partial charge in [-0.25, -0.2) is 9.37 Å². The number of nitrogens with zero attached hydrogens (tertiary/aromatic N) is 2. The van der Waals surface area contributed by atoms with E-state index in [2.05, 4.69) is 4.98 Å². The van der Waals surface area contributed by atoms with Gasteiger partial charge in [-0.2, -0.15) is 0 Å². The summed E-state index contributed by atoms with van der Waals surface area (Å²) in [6, 6.07) is 1.74. The molecule has 4 heteroatoms. The second-order valence-electron chi connectivity index (χ2n) is 3.56. The number of aryl methyl sites for hydroxylation is 1. The second kappa shape index (κ2) is 4.57. The molecular weight excluding hydrogens is 195 g/mol. The maximum absolute atomic E-state index is 13.9. The lowest BCUT2D eigenvalue weighted by atomic mass is 10.2. The van der Waals surface area contributed by atoms with E-state index in [0.717, 1.165) is 18.7 Å². The highest BCUT2D eigenvalue weighted by Gasteiger charge is 2.17. The molecule has 0 spiro atoms. The molecule has 0 bridgehead atoms. The number of hydrogen-bond acceptors (Lipinski definition) is 3. The summed E-state index contributed by atoms with van der Waals surface area (Å²) in [4.78, 5) is 6.05. The van der Waals surface area contributed by atoms with Crippen molar-refractivity contribution < 1.29 is 9.13 Å². The van der Waals surface area contributed by atoms with Crippen molar-refractivity contribution in [3.05, 3.63) is 23.6 Å². The monoisotopic (exact) mass is 210 g/mol. The van der Waals surface area contributed by atoms with Crippen molar-refractivity contribution in [2.24, 2.45) is 0 Å². The van der Waals surface area contributed by atoms with Gasteiger partial charge in [-0.15, -0.1) is 0 Å². The second-order valence-corrected chi connectivity index (χ2v) is 3.56. The highest BCUT2D eigenvalue weighted by Crippen LogP contribution is 2.20. The molecule has 2 rings (SSSR count). The molecule has 1 aliphatic heterocycles. The number of morpholine rings is 1. The Balaban J connectivity index is 2.26. The van der Waals surface area contributed by atoms with Gasteiger partial charge >= 0.3 is 0 Å². The SMILES string of the molecule is CCc1ccnc(N2CCOCC2)c1F. The Bertz CT molecular complexity index is 337. The van der Waals surface area contributed by atoms with Gasteiger partial charge in [0, 0.05) is 19.3 Å². The first kappa shape index (κ1) is 10.4. The van der Waals surface area contributed by atoms with Crippen LogP contribution < -0.4 is 4.90 Å². The minimum Gasteiger partial charge on any atom is -0.378 e. The number of anilines is 1. The Morgan fingerprint density at radius 3 is 2.87 bits per heavy atom. The number of ether oxygens (including phenoxy) is 1. The van der Waals surface area contributed by atoms with E-state index in [9.17, 15) is 4.39 Å². The fraction of sp³-hybridized carbons (Fsp3) is 0.545. The predicted octanol–water partition coefficient (Wildman–Crippen LogP) is 1.62. The molecule has 0 atom stereocenters. The topological polar surface area (TPSA) is 25.4 Å². The van der Waals surface area contributed by atoms with Crippen LogP contribution in [0.15, 0.2) is 12.3 Å². The van der Waals surface area contributed by atoms with Crippen molar-refractivity contribution >= 4 is 5.82 Å². The van der Waals surface area contributed by atoms with Crippen LogP contribution in [-0.4, -0.2) is 31.3 Å². The van der Waals surface area contributed by atoms with E-state index in [4.69, 9.17) is 4.74 Å². The van der Waals surface area contributed by atoms with Crippen LogP contribution in [-0.2, 0) is 11.2 Å². The van der Waals surface area contributed by atoms with Crippen LogP contribution in [0.3, 0.4) is 0 Å². The maximum Gasteiger partial charge on any atom is 0.168 e. The van der Waals surface area contributed by atoms with Crippen LogP contribution >= 0.6 is 0 Å². The van der Waals surface area contributed by atoms with Crippen LogP contribution in [0.25, 0.3) is 0 Å². The molecule has 0 unspecified atom stereocenters. The number of halogens is 1. The van der Waals surface area contributed by atoms with Crippen LogP contribution in [0.4, 0.5) is 10.2 Å². The fourth-order valence-corrected chi connectivity index (χ4v) is 1.74. The largest absolute Gasteiger partial charge is 0.378 e. The zero-order valence-electron chi connectivity index (χ0n) is 8.87. The summed E-state index contributed by atoms with van der Waals surface area (Å²) >= 11 is 0. The number of aromatic nitrogens is 1. The van der Waals surface area contributed by atoms with Crippen molar-refractivity contribution in [1.29, 1.82) is 0 Å². The minimum absolute atomic E-state index is 0.179. The van der Waals surface area contributed by atoms with Crippen molar-refractivity contribution in [1.82, 2.24) is 4.98 Å². The van der Waals surface area contributed by atoms with Crippen molar-refractivity contribution in [2.45, 2.75) is 13.3 Å². The first-order valence-corrected chi connectivity index (χ1v) is 5.29. The van der Waals surface area contributed by atoms with E-state index in [0.29, 0.717) is 25.5 Å². The quantitative estimate of drug-likeness (QED) is 0.741. The molecule has 82 valence electrons. The smallest absolute Gasteiger partial charge is 0.168 e. The van der Waals surface area contributed by atoms with Crippen LogP contribution in [0.2, 0.25) is 0 Å². The molecule has 0 aromatic carbocycles. The lowest BCUT2D eigenvalue weighted by molar-refractivity contribution is 0.122. The highest BCUT2D eigenvalue weighted by atomic mass is 19.1. The Kier molecular flexibility index (Phi) is 3.16. The standard InChI is InChI=1S/C11H15FN2O/c1-2-9-3-4-13-11(10(9)12)14-5-7-15-8-6-14/h3-4H,2,5-8H2,1H3. The molecule has 1 saturated heterocycles. The molecule has 1 fully saturated rings. The van der Waals surface area contributed by atoms with Gasteiger partial charge < -0.3 is 9.64 Å². The lowest BCUT2D eigenvalue weighted by Crippen LogP contribution is -2.37. The summed E-state index contributed by atoms with van der Waals surface area (Å²) in [5, 5.41) is 0. The third-order valence-electron chi connectivity index (χ3n) is 2.64. The molecular formula is C11H15FN2O. The molecule has 0 radical (unpaired) electrons. The van der Waals surface area contributed by atoms with Gasteiger partial charge in [0.1, 0.15) is 0 Å². The molecule has 15 heavy (non-hydrogen) atoms. The van der Waals surface area contributed by atoms with E-state index in [1.54, 1.807) is 12.3 Å². The molecule has 0 N–H and O–H groups in total. The first-order valence-electron chi connectivity index (χ1n) is 5.29. The Morgan fingerprint density at radius 2 is 2.20 bits per heavy atom. The number of pyridine rings is 1. The minimum atomic E-state index is -0.179. The zero-order chi connectivity index (χ0) is 10.7. The normalized spacial score (nSPS) is 16.8. The Labute approximate surface area is 88.9 Å². The van der Waals surface area contributed by atoms with Gasteiger partial charge in [0.15, 0.2) is 11.6 Å². The van der Waals surface area contributed by atoms with Crippen LogP contribution in [0.1, 0.15) is 12.5 Å².